The Morgan fingerprint density at radius 2 is 1.80 bits per heavy atom. The standard InChI is InChI=1S/C19H29N/c1-14-12-15(2)19(16(3)13-14)17(4)20-11-10-18-8-6-5-7-9-18/h8,12-13,17,20H,5-7,9-11H2,1-4H3. The van der Waals surface area contributed by atoms with Gasteiger partial charge in [0.2, 0.25) is 0 Å². The molecule has 0 saturated carbocycles. The van der Waals surface area contributed by atoms with Crippen LogP contribution in [0.2, 0.25) is 0 Å². The lowest BCUT2D eigenvalue weighted by molar-refractivity contribution is 0.558. The third-order valence-corrected chi connectivity index (χ3v) is 4.45. The van der Waals surface area contributed by atoms with Gasteiger partial charge in [0.05, 0.1) is 0 Å². The lowest BCUT2D eigenvalue weighted by Gasteiger charge is -2.21. The van der Waals surface area contributed by atoms with Crippen LogP contribution >= 0.6 is 0 Å². The van der Waals surface area contributed by atoms with E-state index in [-0.39, 0.29) is 0 Å². The second-order valence-corrected chi connectivity index (χ2v) is 6.35. The van der Waals surface area contributed by atoms with Crippen LogP contribution in [0.15, 0.2) is 23.8 Å². The molecule has 1 aromatic carbocycles. The van der Waals surface area contributed by atoms with Crippen LogP contribution in [-0.4, -0.2) is 6.54 Å². The summed E-state index contributed by atoms with van der Waals surface area (Å²) >= 11 is 0. The van der Waals surface area contributed by atoms with Crippen molar-refractivity contribution in [1.29, 1.82) is 0 Å². The van der Waals surface area contributed by atoms with Crippen LogP contribution in [0.3, 0.4) is 0 Å². The number of allylic oxidation sites excluding steroid dienone is 1. The zero-order valence-electron chi connectivity index (χ0n) is 13.6. The molecule has 0 spiro atoms. The van der Waals surface area contributed by atoms with Crippen LogP contribution in [0, 0.1) is 20.8 Å². The van der Waals surface area contributed by atoms with Gasteiger partial charge in [-0.15, -0.1) is 0 Å². The molecule has 0 fully saturated rings. The Hall–Kier alpha value is -1.08. The Balaban J connectivity index is 1.91. The third kappa shape index (κ3) is 3.96. The van der Waals surface area contributed by atoms with Gasteiger partial charge in [-0.3, -0.25) is 0 Å². The van der Waals surface area contributed by atoms with E-state index in [4.69, 9.17) is 0 Å². The largest absolute Gasteiger partial charge is 0.310 e. The first-order valence-electron chi connectivity index (χ1n) is 8.07. The van der Waals surface area contributed by atoms with Crippen LogP contribution in [0.4, 0.5) is 0 Å². The summed E-state index contributed by atoms with van der Waals surface area (Å²) in [5, 5.41) is 3.71. The highest BCUT2D eigenvalue weighted by atomic mass is 14.9. The van der Waals surface area contributed by atoms with Crippen molar-refractivity contribution >= 4 is 0 Å². The summed E-state index contributed by atoms with van der Waals surface area (Å²) in [5.41, 5.74) is 7.34. The van der Waals surface area contributed by atoms with Crippen molar-refractivity contribution in [2.24, 2.45) is 0 Å². The minimum atomic E-state index is 0.444. The molecular weight excluding hydrogens is 242 g/mol. The van der Waals surface area contributed by atoms with Crippen LogP contribution < -0.4 is 5.32 Å². The minimum absolute atomic E-state index is 0.444. The molecule has 0 amide bonds. The van der Waals surface area contributed by atoms with Gasteiger partial charge in [0.15, 0.2) is 0 Å². The zero-order valence-corrected chi connectivity index (χ0v) is 13.6. The number of benzene rings is 1. The molecular formula is C19H29N. The first kappa shape index (κ1) is 15.3. The van der Waals surface area contributed by atoms with Crippen molar-refractivity contribution in [3.63, 3.8) is 0 Å². The Morgan fingerprint density at radius 1 is 1.10 bits per heavy atom. The van der Waals surface area contributed by atoms with E-state index in [1.54, 1.807) is 5.57 Å². The first-order chi connectivity index (χ1) is 9.58. The van der Waals surface area contributed by atoms with Gasteiger partial charge < -0.3 is 5.32 Å². The second kappa shape index (κ2) is 7.08. The number of rotatable bonds is 5. The van der Waals surface area contributed by atoms with E-state index < -0.39 is 0 Å². The molecule has 1 atom stereocenters. The zero-order chi connectivity index (χ0) is 14.5. The van der Waals surface area contributed by atoms with Gasteiger partial charge in [-0.2, -0.15) is 0 Å². The summed E-state index contributed by atoms with van der Waals surface area (Å²) in [6.45, 7) is 10.0. The smallest absolute Gasteiger partial charge is 0.0297 e. The van der Waals surface area contributed by atoms with Crippen LogP contribution in [0.1, 0.15) is 67.3 Å². The van der Waals surface area contributed by atoms with E-state index in [2.05, 4.69) is 51.2 Å². The number of hydrogen-bond acceptors (Lipinski definition) is 1. The summed E-state index contributed by atoms with van der Waals surface area (Å²) in [5.74, 6) is 0. The van der Waals surface area contributed by atoms with Crippen LogP contribution in [-0.2, 0) is 0 Å². The number of nitrogens with one attached hydrogen (secondary N) is 1. The highest BCUT2D eigenvalue weighted by molar-refractivity contribution is 5.39. The lowest BCUT2D eigenvalue weighted by atomic mass is 9.94. The summed E-state index contributed by atoms with van der Waals surface area (Å²) in [6.07, 6.45) is 9.05. The number of aryl methyl sites for hydroxylation is 3. The molecule has 2 rings (SSSR count). The molecule has 1 aliphatic carbocycles. The maximum absolute atomic E-state index is 3.71. The van der Waals surface area contributed by atoms with Gasteiger partial charge in [0, 0.05) is 6.04 Å². The topological polar surface area (TPSA) is 12.0 Å². The summed E-state index contributed by atoms with van der Waals surface area (Å²) in [6, 6.07) is 5.04. The Labute approximate surface area is 124 Å². The predicted octanol–water partition coefficient (Wildman–Crippen LogP) is 5.15. The van der Waals surface area contributed by atoms with E-state index in [0.717, 1.165) is 6.54 Å². The molecule has 0 saturated heterocycles. The Kier molecular flexibility index (Phi) is 5.42. The lowest BCUT2D eigenvalue weighted by Crippen LogP contribution is -2.22. The SMILES string of the molecule is Cc1cc(C)c(C(C)NCCC2=CCCCC2)c(C)c1. The molecule has 20 heavy (non-hydrogen) atoms. The monoisotopic (exact) mass is 271 g/mol. The van der Waals surface area contributed by atoms with Crippen molar-refractivity contribution in [2.75, 3.05) is 6.54 Å². The summed E-state index contributed by atoms with van der Waals surface area (Å²) < 4.78 is 0. The van der Waals surface area contributed by atoms with Gasteiger partial charge in [0.25, 0.3) is 0 Å². The molecule has 0 radical (unpaired) electrons. The maximum Gasteiger partial charge on any atom is 0.0297 e. The third-order valence-electron chi connectivity index (χ3n) is 4.45. The van der Waals surface area contributed by atoms with Gasteiger partial charge in [-0.1, -0.05) is 29.3 Å². The average Bonchev–Trinajstić information content (AvgIpc) is 2.38. The van der Waals surface area contributed by atoms with E-state index in [1.807, 2.05) is 0 Å². The van der Waals surface area contributed by atoms with Gasteiger partial charge in [-0.25, -0.2) is 0 Å². The van der Waals surface area contributed by atoms with Crippen molar-refractivity contribution < 1.29 is 0 Å². The minimum Gasteiger partial charge on any atom is -0.310 e. The normalized spacial score (nSPS) is 16.9. The summed E-state index contributed by atoms with van der Waals surface area (Å²) in [4.78, 5) is 0. The van der Waals surface area contributed by atoms with Crippen LogP contribution in [0.25, 0.3) is 0 Å². The highest BCUT2D eigenvalue weighted by Gasteiger charge is 2.12. The van der Waals surface area contributed by atoms with Gasteiger partial charge >= 0.3 is 0 Å². The molecule has 110 valence electrons. The molecule has 1 aromatic rings. The fraction of sp³-hybridized carbons (Fsp3) is 0.579. The average molecular weight is 271 g/mol. The maximum atomic E-state index is 3.71. The molecule has 1 heteroatoms. The fourth-order valence-electron chi connectivity index (χ4n) is 3.56. The molecule has 0 aliphatic heterocycles. The van der Waals surface area contributed by atoms with E-state index in [9.17, 15) is 0 Å². The molecule has 1 aliphatic rings. The molecule has 1 nitrogen and oxygen atoms in total. The Bertz CT molecular complexity index is 462. The molecule has 1 unspecified atom stereocenters. The van der Waals surface area contributed by atoms with Crippen molar-refractivity contribution in [3.05, 3.63) is 46.0 Å². The van der Waals surface area contributed by atoms with E-state index in [1.165, 1.54) is 54.4 Å². The second-order valence-electron chi connectivity index (χ2n) is 6.35. The Morgan fingerprint density at radius 3 is 2.40 bits per heavy atom. The molecule has 0 heterocycles. The highest BCUT2D eigenvalue weighted by Crippen LogP contribution is 2.24. The van der Waals surface area contributed by atoms with Crippen LogP contribution in [0.5, 0.6) is 0 Å². The van der Waals surface area contributed by atoms with Crippen molar-refractivity contribution in [3.8, 4) is 0 Å². The quantitative estimate of drug-likeness (QED) is 0.730. The van der Waals surface area contributed by atoms with Gasteiger partial charge in [0.1, 0.15) is 0 Å². The first-order valence-corrected chi connectivity index (χ1v) is 8.07. The molecule has 1 N–H and O–H groups in total. The summed E-state index contributed by atoms with van der Waals surface area (Å²) in [7, 11) is 0. The van der Waals surface area contributed by atoms with E-state index >= 15 is 0 Å². The predicted molar refractivity (Wildman–Crippen MR) is 88.2 cm³/mol. The van der Waals surface area contributed by atoms with Gasteiger partial charge in [-0.05, 0) is 83.0 Å². The fourth-order valence-corrected chi connectivity index (χ4v) is 3.56. The molecule has 0 bridgehead atoms. The van der Waals surface area contributed by atoms with E-state index in [0.29, 0.717) is 6.04 Å². The van der Waals surface area contributed by atoms with Crippen molar-refractivity contribution in [1.82, 2.24) is 5.32 Å². The molecule has 0 aromatic heterocycles. The van der Waals surface area contributed by atoms with Crippen molar-refractivity contribution in [2.45, 2.75) is 65.8 Å². The number of hydrogen-bond donors (Lipinski definition) is 1.